The van der Waals surface area contributed by atoms with E-state index in [4.69, 9.17) is 4.42 Å². The summed E-state index contributed by atoms with van der Waals surface area (Å²) in [7, 11) is 0. The Kier molecular flexibility index (Phi) is 4.13. The molecule has 122 valence electrons. The van der Waals surface area contributed by atoms with E-state index in [1.165, 1.54) is 17.4 Å². The van der Waals surface area contributed by atoms with Crippen molar-refractivity contribution >= 4 is 34.6 Å². The monoisotopic (exact) mass is 339 g/mol. The number of carbonyl (C=O) groups excluding carboxylic acids is 1. The Hall–Kier alpha value is -2.47. The largest absolute Gasteiger partial charge is 0.465 e. The fraction of sp³-hybridized carbons (Fsp3) is 0.222. The molecule has 2 aliphatic rings. The highest BCUT2D eigenvalue weighted by Crippen LogP contribution is 2.31. The van der Waals surface area contributed by atoms with Crippen molar-refractivity contribution in [1.29, 1.82) is 0 Å². The topological polar surface area (TPSA) is 49.1 Å². The summed E-state index contributed by atoms with van der Waals surface area (Å²) in [6.45, 7) is 3.58. The molecule has 2 aromatic rings. The van der Waals surface area contributed by atoms with E-state index in [1.54, 1.807) is 18.4 Å². The number of amides is 1. The van der Waals surface area contributed by atoms with Crippen LogP contribution in [-0.4, -0.2) is 42.2 Å². The maximum absolute atomic E-state index is 12.1. The molecule has 3 heterocycles. The highest BCUT2D eigenvalue weighted by atomic mass is 32.2. The van der Waals surface area contributed by atoms with E-state index in [9.17, 15) is 4.79 Å². The van der Waals surface area contributed by atoms with Gasteiger partial charge in [-0.15, -0.1) is 0 Å². The van der Waals surface area contributed by atoms with Gasteiger partial charge in [0.25, 0.3) is 5.91 Å². The van der Waals surface area contributed by atoms with Crippen LogP contribution < -0.4 is 4.90 Å². The van der Waals surface area contributed by atoms with Gasteiger partial charge in [-0.3, -0.25) is 4.79 Å². The van der Waals surface area contributed by atoms with Crippen LogP contribution in [-0.2, 0) is 4.79 Å². The number of hydrogen-bond acceptors (Lipinski definition) is 5. The first-order chi connectivity index (χ1) is 11.8. The average Bonchev–Trinajstić information content (AvgIpc) is 3.27. The van der Waals surface area contributed by atoms with Crippen molar-refractivity contribution in [3.63, 3.8) is 0 Å². The first-order valence-electron chi connectivity index (χ1n) is 7.90. The van der Waals surface area contributed by atoms with Gasteiger partial charge in [-0.25, -0.2) is 0 Å². The number of benzene rings is 1. The van der Waals surface area contributed by atoms with Crippen molar-refractivity contribution in [3.8, 4) is 0 Å². The second kappa shape index (κ2) is 6.57. The lowest BCUT2D eigenvalue weighted by molar-refractivity contribution is -0.113. The third kappa shape index (κ3) is 3.10. The SMILES string of the molecule is O=C1N=C(N2CCN(c3ccccc3)CC2)S/C1=C/c1ccco1. The number of nitrogens with zero attached hydrogens (tertiary/aromatic N) is 3. The number of thioether (sulfide) groups is 1. The van der Waals surface area contributed by atoms with E-state index >= 15 is 0 Å². The van der Waals surface area contributed by atoms with Gasteiger partial charge >= 0.3 is 0 Å². The molecule has 24 heavy (non-hydrogen) atoms. The van der Waals surface area contributed by atoms with Gasteiger partial charge in [-0.1, -0.05) is 18.2 Å². The average molecular weight is 339 g/mol. The van der Waals surface area contributed by atoms with Crippen molar-refractivity contribution < 1.29 is 9.21 Å². The minimum absolute atomic E-state index is 0.183. The van der Waals surface area contributed by atoms with Crippen LogP contribution in [0.15, 0.2) is 63.0 Å². The molecule has 2 aliphatic heterocycles. The summed E-state index contributed by atoms with van der Waals surface area (Å²) in [5, 5.41) is 0.797. The Morgan fingerprint density at radius 3 is 2.46 bits per heavy atom. The molecule has 6 heteroatoms. The number of furan rings is 1. The predicted molar refractivity (Wildman–Crippen MR) is 96.9 cm³/mol. The van der Waals surface area contributed by atoms with Crippen LogP contribution in [0.5, 0.6) is 0 Å². The summed E-state index contributed by atoms with van der Waals surface area (Å²) in [4.78, 5) is 21.5. The molecule has 0 unspecified atom stereocenters. The van der Waals surface area contributed by atoms with Crippen molar-refractivity contribution in [1.82, 2.24) is 4.90 Å². The molecule has 4 rings (SSSR count). The van der Waals surface area contributed by atoms with Crippen molar-refractivity contribution in [2.75, 3.05) is 31.1 Å². The van der Waals surface area contributed by atoms with E-state index in [0.29, 0.717) is 10.7 Å². The third-order valence-corrected chi connectivity index (χ3v) is 5.14. The molecule has 1 saturated heterocycles. The molecule has 1 fully saturated rings. The van der Waals surface area contributed by atoms with Crippen molar-refractivity contribution in [2.45, 2.75) is 0 Å². The smallest absolute Gasteiger partial charge is 0.286 e. The molecule has 1 aromatic heterocycles. The quantitative estimate of drug-likeness (QED) is 0.787. The number of anilines is 1. The van der Waals surface area contributed by atoms with Crippen LogP contribution in [0.4, 0.5) is 5.69 Å². The Labute approximate surface area is 144 Å². The fourth-order valence-corrected chi connectivity index (χ4v) is 3.78. The van der Waals surface area contributed by atoms with Gasteiger partial charge in [0.15, 0.2) is 5.17 Å². The highest BCUT2D eigenvalue weighted by Gasteiger charge is 2.28. The van der Waals surface area contributed by atoms with Crippen molar-refractivity contribution in [3.05, 3.63) is 59.4 Å². The Morgan fingerprint density at radius 2 is 1.75 bits per heavy atom. The number of aliphatic imine (C=N–C) groups is 1. The lowest BCUT2D eigenvalue weighted by atomic mass is 10.2. The molecule has 0 spiro atoms. The number of para-hydroxylation sites is 1. The van der Waals surface area contributed by atoms with Crippen molar-refractivity contribution in [2.24, 2.45) is 4.99 Å². The molecular weight excluding hydrogens is 322 g/mol. The Morgan fingerprint density at radius 1 is 1.00 bits per heavy atom. The molecule has 0 atom stereocenters. The minimum atomic E-state index is -0.183. The van der Waals surface area contributed by atoms with Gasteiger partial charge in [-0.05, 0) is 36.0 Å². The lowest BCUT2D eigenvalue weighted by Gasteiger charge is -2.36. The molecular formula is C18H17N3O2S. The zero-order valence-electron chi connectivity index (χ0n) is 13.1. The van der Waals surface area contributed by atoms with Gasteiger partial charge < -0.3 is 14.2 Å². The van der Waals surface area contributed by atoms with E-state index in [1.807, 2.05) is 12.1 Å². The zero-order valence-corrected chi connectivity index (χ0v) is 13.9. The van der Waals surface area contributed by atoms with Gasteiger partial charge in [0.05, 0.1) is 11.2 Å². The standard InChI is InChI=1S/C18H17N3O2S/c22-17-16(13-15-7-4-12-23-15)24-18(19-17)21-10-8-20(9-11-21)14-5-2-1-3-6-14/h1-7,12-13H,8-11H2/b16-13+. The second-order valence-electron chi connectivity index (χ2n) is 5.64. The number of piperazine rings is 1. The molecule has 0 radical (unpaired) electrons. The molecule has 0 saturated carbocycles. The molecule has 5 nitrogen and oxygen atoms in total. The highest BCUT2D eigenvalue weighted by molar-refractivity contribution is 8.18. The van der Waals surface area contributed by atoms with Crippen LogP contribution in [0.25, 0.3) is 6.08 Å². The summed E-state index contributed by atoms with van der Waals surface area (Å²) in [6.07, 6.45) is 3.35. The van der Waals surface area contributed by atoms with E-state index in [2.05, 4.69) is 39.1 Å². The Balaban J connectivity index is 1.40. The molecule has 0 N–H and O–H groups in total. The van der Waals surface area contributed by atoms with Crippen LogP contribution in [0.1, 0.15) is 5.76 Å². The molecule has 1 aromatic carbocycles. The normalized spacial score (nSPS) is 19.9. The van der Waals surface area contributed by atoms with Crippen LogP contribution in [0, 0.1) is 0 Å². The van der Waals surface area contributed by atoms with Crippen LogP contribution in [0.2, 0.25) is 0 Å². The lowest BCUT2D eigenvalue weighted by Crippen LogP contribution is -2.47. The molecule has 0 aliphatic carbocycles. The number of amidine groups is 1. The fourth-order valence-electron chi connectivity index (χ4n) is 2.83. The maximum atomic E-state index is 12.1. The maximum Gasteiger partial charge on any atom is 0.286 e. The Bertz CT molecular complexity index is 776. The number of carbonyl (C=O) groups is 1. The predicted octanol–water partition coefficient (Wildman–Crippen LogP) is 3.07. The summed E-state index contributed by atoms with van der Waals surface area (Å²) in [5.74, 6) is 0.494. The van der Waals surface area contributed by atoms with Gasteiger partial charge in [0, 0.05) is 37.9 Å². The summed E-state index contributed by atoms with van der Waals surface area (Å²) in [6, 6.07) is 14.0. The minimum Gasteiger partial charge on any atom is -0.465 e. The summed E-state index contributed by atoms with van der Waals surface area (Å²) < 4.78 is 5.27. The first-order valence-corrected chi connectivity index (χ1v) is 8.72. The van der Waals surface area contributed by atoms with E-state index < -0.39 is 0 Å². The van der Waals surface area contributed by atoms with E-state index in [0.717, 1.165) is 31.3 Å². The van der Waals surface area contributed by atoms with Crippen LogP contribution >= 0.6 is 11.8 Å². The van der Waals surface area contributed by atoms with Gasteiger partial charge in [0.1, 0.15) is 5.76 Å². The summed E-state index contributed by atoms with van der Waals surface area (Å²) >= 11 is 1.43. The van der Waals surface area contributed by atoms with E-state index in [-0.39, 0.29) is 5.91 Å². The summed E-state index contributed by atoms with van der Waals surface area (Å²) in [5.41, 5.74) is 1.24. The second-order valence-corrected chi connectivity index (χ2v) is 6.64. The van der Waals surface area contributed by atoms with Gasteiger partial charge in [0.2, 0.25) is 0 Å². The zero-order chi connectivity index (χ0) is 16.4. The first kappa shape index (κ1) is 15.1. The number of rotatable bonds is 2. The van der Waals surface area contributed by atoms with Crippen LogP contribution in [0.3, 0.4) is 0 Å². The number of hydrogen-bond donors (Lipinski definition) is 0. The molecule has 0 bridgehead atoms. The molecule has 1 amide bonds. The van der Waals surface area contributed by atoms with Gasteiger partial charge in [-0.2, -0.15) is 4.99 Å². The third-order valence-electron chi connectivity index (χ3n) is 4.10.